The van der Waals surface area contributed by atoms with Crippen molar-refractivity contribution in [2.45, 2.75) is 25.8 Å². The van der Waals surface area contributed by atoms with E-state index >= 15 is 0 Å². The van der Waals surface area contributed by atoms with Gasteiger partial charge in [-0.15, -0.1) is 5.10 Å². The molecule has 0 aliphatic heterocycles. The molecule has 0 aliphatic carbocycles. The standard InChI is InChI=1S/C14H17F3N4/c1-3-4-18-13(7-10-8-21(2)20-19-10)14-11(16)5-9(15)6-12(14)17/h5-6,8,13,18H,3-4,7H2,1-2H3. The third kappa shape index (κ3) is 3.81. The summed E-state index contributed by atoms with van der Waals surface area (Å²) in [7, 11) is 1.71. The lowest BCUT2D eigenvalue weighted by Gasteiger charge is -2.19. The Balaban J connectivity index is 2.31. The van der Waals surface area contributed by atoms with E-state index in [4.69, 9.17) is 0 Å². The second kappa shape index (κ2) is 6.71. The topological polar surface area (TPSA) is 42.7 Å². The fourth-order valence-electron chi connectivity index (χ4n) is 2.18. The van der Waals surface area contributed by atoms with Crippen molar-refractivity contribution >= 4 is 0 Å². The molecule has 0 amide bonds. The van der Waals surface area contributed by atoms with Crippen molar-refractivity contribution in [2.24, 2.45) is 7.05 Å². The summed E-state index contributed by atoms with van der Waals surface area (Å²) in [4.78, 5) is 0. The number of benzene rings is 1. The Hall–Kier alpha value is -1.89. The van der Waals surface area contributed by atoms with Gasteiger partial charge in [0.25, 0.3) is 0 Å². The maximum absolute atomic E-state index is 13.9. The highest BCUT2D eigenvalue weighted by molar-refractivity contribution is 5.25. The molecule has 0 fully saturated rings. The maximum atomic E-state index is 13.9. The fraction of sp³-hybridized carbons (Fsp3) is 0.429. The van der Waals surface area contributed by atoms with Crippen LogP contribution in [0.5, 0.6) is 0 Å². The van der Waals surface area contributed by atoms with Crippen LogP contribution in [0.3, 0.4) is 0 Å². The van der Waals surface area contributed by atoms with Gasteiger partial charge in [0.1, 0.15) is 17.5 Å². The van der Waals surface area contributed by atoms with Crippen LogP contribution in [0, 0.1) is 17.5 Å². The predicted molar refractivity (Wildman–Crippen MR) is 72.1 cm³/mol. The number of nitrogens with zero attached hydrogens (tertiary/aromatic N) is 3. The molecule has 0 saturated heterocycles. The van der Waals surface area contributed by atoms with E-state index in [0.29, 0.717) is 24.4 Å². The molecule has 0 radical (unpaired) electrons. The van der Waals surface area contributed by atoms with Crippen LogP contribution in [0.1, 0.15) is 30.6 Å². The monoisotopic (exact) mass is 298 g/mol. The Kier molecular flexibility index (Phi) is 4.95. The van der Waals surface area contributed by atoms with Crippen molar-refractivity contribution in [3.63, 3.8) is 0 Å². The Morgan fingerprint density at radius 2 is 1.90 bits per heavy atom. The Bertz CT molecular complexity index is 589. The zero-order valence-electron chi connectivity index (χ0n) is 11.9. The average molecular weight is 298 g/mol. The summed E-state index contributed by atoms with van der Waals surface area (Å²) in [5, 5.41) is 10.8. The van der Waals surface area contributed by atoms with Gasteiger partial charge in [0, 0.05) is 43.4 Å². The zero-order valence-corrected chi connectivity index (χ0v) is 11.9. The number of rotatable bonds is 6. The second-order valence-electron chi connectivity index (χ2n) is 4.88. The van der Waals surface area contributed by atoms with Crippen LogP contribution in [0.15, 0.2) is 18.3 Å². The molecular weight excluding hydrogens is 281 g/mol. The average Bonchev–Trinajstić information content (AvgIpc) is 2.80. The molecule has 1 aromatic carbocycles. The second-order valence-corrected chi connectivity index (χ2v) is 4.88. The van der Waals surface area contributed by atoms with Crippen molar-refractivity contribution < 1.29 is 13.2 Å². The SMILES string of the molecule is CCCNC(Cc1cn(C)nn1)c1c(F)cc(F)cc1F. The number of nitrogens with one attached hydrogen (secondary N) is 1. The van der Waals surface area contributed by atoms with Gasteiger partial charge in [-0.25, -0.2) is 13.2 Å². The van der Waals surface area contributed by atoms with Crippen LogP contribution in [0.25, 0.3) is 0 Å². The molecule has 1 heterocycles. The zero-order chi connectivity index (χ0) is 15.4. The van der Waals surface area contributed by atoms with Crippen LogP contribution in [-0.4, -0.2) is 21.5 Å². The minimum absolute atomic E-state index is 0.171. The van der Waals surface area contributed by atoms with Crippen LogP contribution >= 0.6 is 0 Å². The van der Waals surface area contributed by atoms with Crippen molar-refractivity contribution in [3.05, 3.63) is 47.0 Å². The number of aromatic nitrogens is 3. The smallest absolute Gasteiger partial charge is 0.133 e. The van der Waals surface area contributed by atoms with Gasteiger partial charge in [-0.3, -0.25) is 4.68 Å². The molecule has 1 N–H and O–H groups in total. The summed E-state index contributed by atoms with van der Waals surface area (Å²) >= 11 is 0. The van der Waals surface area contributed by atoms with Crippen molar-refractivity contribution in [1.82, 2.24) is 20.3 Å². The third-order valence-electron chi connectivity index (χ3n) is 3.10. The lowest BCUT2D eigenvalue weighted by atomic mass is 10.0. The van der Waals surface area contributed by atoms with Crippen LogP contribution < -0.4 is 5.32 Å². The summed E-state index contributed by atoms with van der Waals surface area (Å²) < 4.78 is 42.4. The van der Waals surface area contributed by atoms with Crippen LogP contribution in [0.2, 0.25) is 0 Å². The fourth-order valence-corrected chi connectivity index (χ4v) is 2.18. The van der Waals surface area contributed by atoms with Crippen LogP contribution in [0.4, 0.5) is 13.2 Å². The van der Waals surface area contributed by atoms with Gasteiger partial charge in [-0.1, -0.05) is 12.1 Å². The molecular formula is C14H17F3N4. The van der Waals surface area contributed by atoms with E-state index in [9.17, 15) is 13.2 Å². The van der Waals surface area contributed by atoms with Gasteiger partial charge in [0.15, 0.2) is 0 Å². The Morgan fingerprint density at radius 3 is 2.43 bits per heavy atom. The van der Waals surface area contributed by atoms with Gasteiger partial charge in [-0.2, -0.15) is 0 Å². The first kappa shape index (κ1) is 15.5. The molecule has 7 heteroatoms. The van der Waals surface area contributed by atoms with E-state index in [1.807, 2.05) is 6.92 Å². The van der Waals surface area contributed by atoms with Crippen molar-refractivity contribution in [1.29, 1.82) is 0 Å². The van der Waals surface area contributed by atoms with Gasteiger partial charge >= 0.3 is 0 Å². The Labute approximate surface area is 121 Å². The quantitative estimate of drug-likeness (QED) is 0.891. The molecule has 1 atom stereocenters. The summed E-state index contributed by atoms with van der Waals surface area (Å²) in [5.74, 6) is -2.72. The minimum atomic E-state index is -0.928. The van der Waals surface area contributed by atoms with Gasteiger partial charge in [0.05, 0.1) is 5.69 Å². The van der Waals surface area contributed by atoms with E-state index < -0.39 is 23.5 Å². The third-order valence-corrected chi connectivity index (χ3v) is 3.10. The van der Waals surface area contributed by atoms with Crippen LogP contribution in [-0.2, 0) is 13.5 Å². The van der Waals surface area contributed by atoms with Gasteiger partial charge in [-0.05, 0) is 13.0 Å². The lowest BCUT2D eigenvalue weighted by molar-refractivity contribution is 0.452. The summed E-state index contributed by atoms with van der Waals surface area (Å²) in [5.41, 5.74) is 0.435. The van der Waals surface area contributed by atoms with Gasteiger partial charge < -0.3 is 5.32 Å². The minimum Gasteiger partial charge on any atom is -0.309 e. The number of halogens is 3. The molecule has 0 aliphatic rings. The van der Waals surface area contributed by atoms with Crippen molar-refractivity contribution in [3.8, 4) is 0 Å². The molecule has 0 bridgehead atoms. The summed E-state index contributed by atoms with van der Waals surface area (Å²) in [6, 6.07) is 0.757. The van der Waals surface area contributed by atoms with E-state index in [2.05, 4.69) is 15.6 Å². The summed E-state index contributed by atoms with van der Waals surface area (Å²) in [6.07, 6.45) is 2.76. The maximum Gasteiger partial charge on any atom is 0.133 e. The molecule has 114 valence electrons. The van der Waals surface area contributed by atoms with Gasteiger partial charge in [0.2, 0.25) is 0 Å². The van der Waals surface area contributed by atoms with E-state index in [1.54, 1.807) is 13.2 Å². The molecule has 21 heavy (non-hydrogen) atoms. The van der Waals surface area contributed by atoms with Crippen molar-refractivity contribution in [2.75, 3.05) is 6.54 Å². The molecule has 0 spiro atoms. The number of hydrogen-bond donors (Lipinski definition) is 1. The highest BCUT2D eigenvalue weighted by atomic mass is 19.1. The first-order chi connectivity index (χ1) is 10.0. The van der Waals surface area contributed by atoms with E-state index in [-0.39, 0.29) is 12.0 Å². The first-order valence-electron chi connectivity index (χ1n) is 6.74. The molecule has 4 nitrogen and oxygen atoms in total. The van der Waals surface area contributed by atoms with E-state index in [1.165, 1.54) is 4.68 Å². The first-order valence-corrected chi connectivity index (χ1v) is 6.74. The molecule has 2 rings (SSSR count). The highest BCUT2D eigenvalue weighted by Crippen LogP contribution is 2.24. The number of hydrogen-bond acceptors (Lipinski definition) is 3. The highest BCUT2D eigenvalue weighted by Gasteiger charge is 2.22. The Morgan fingerprint density at radius 1 is 1.24 bits per heavy atom. The van der Waals surface area contributed by atoms with E-state index in [0.717, 1.165) is 6.42 Å². The predicted octanol–water partition coefficient (Wildman–Crippen LogP) is 2.52. The normalized spacial score (nSPS) is 12.6. The number of aryl methyl sites for hydroxylation is 1. The largest absolute Gasteiger partial charge is 0.309 e. The molecule has 1 unspecified atom stereocenters. The lowest BCUT2D eigenvalue weighted by Crippen LogP contribution is -2.26. The summed E-state index contributed by atoms with van der Waals surface area (Å²) in [6.45, 7) is 2.53. The molecule has 2 aromatic rings. The molecule has 0 saturated carbocycles. The molecule has 1 aromatic heterocycles.